The first kappa shape index (κ1) is 12.4. The summed E-state index contributed by atoms with van der Waals surface area (Å²) in [5.74, 6) is -0.267. The summed E-state index contributed by atoms with van der Waals surface area (Å²) in [6.45, 7) is 0.415. The lowest BCUT2D eigenvalue weighted by atomic mass is 10.1. The quantitative estimate of drug-likeness (QED) is 0.868. The van der Waals surface area contributed by atoms with E-state index in [2.05, 4.69) is 5.32 Å². The van der Waals surface area contributed by atoms with Crippen molar-refractivity contribution in [3.05, 3.63) is 71.8 Å². The predicted molar refractivity (Wildman–Crippen MR) is 74.7 cm³/mol. The second kappa shape index (κ2) is 5.17. The SMILES string of the molecule is O=C1NC(=O)N(Cc2ccccc2)[C@@H]1c1ccccc1. The minimum absolute atomic E-state index is 0.267. The molecular formula is C16H14N2O2. The summed E-state index contributed by atoms with van der Waals surface area (Å²) in [6.07, 6.45) is 0. The largest absolute Gasteiger partial charge is 0.325 e. The van der Waals surface area contributed by atoms with Crippen LogP contribution in [0.3, 0.4) is 0 Å². The van der Waals surface area contributed by atoms with E-state index in [1.165, 1.54) is 0 Å². The predicted octanol–water partition coefficient (Wildman–Crippen LogP) is 2.48. The van der Waals surface area contributed by atoms with Crippen LogP contribution in [0, 0.1) is 0 Å². The van der Waals surface area contributed by atoms with Gasteiger partial charge in [-0.05, 0) is 11.1 Å². The van der Waals surface area contributed by atoms with Crippen molar-refractivity contribution >= 4 is 11.9 Å². The van der Waals surface area contributed by atoms with Crippen LogP contribution in [0.15, 0.2) is 60.7 Å². The van der Waals surface area contributed by atoms with Crippen LogP contribution >= 0.6 is 0 Å². The summed E-state index contributed by atoms with van der Waals surface area (Å²) in [4.78, 5) is 25.5. The first-order valence-electron chi connectivity index (χ1n) is 6.46. The van der Waals surface area contributed by atoms with Gasteiger partial charge in [-0.2, -0.15) is 0 Å². The van der Waals surface area contributed by atoms with E-state index in [0.29, 0.717) is 6.54 Å². The maximum atomic E-state index is 12.0. The molecule has 1 saturated heterocycles. The second-order valence-corrected chi connectivity index (χ2v) is 4.72. The van der Waals surface area contributed by atoms with Crippen molar-refractivity contribution in [1.29, 1.82) is 0 Å². The zero-order chi connectivity index (χ0) is 13.9. The number of nitrogens with one attached hydrogen (secondary N) is 1. The van der Waals surface area contributed by atoms with Gasteiger partial charge in [-0.3, -0.25) is 10.1 Å². The third kappa shape index (κ3) is 2.28. The van der Waals surface area contributed by atoms with Crippen LogP contribution in [-0.4, -0.2) is 16.8 Å². The molecule has 4 nitrogen and oxygen atoms in total. The third-order valence-corrected chi connectivity index (χ3v) is 3.36. The molecule has 1 heterocycles. The van der Waals surface area contributed by atoms with Crippen LogP contribution in [0.1, 0.15) is 17.2 Å². The molecule has 3 rings (SSSR count). The highest BCUT2D eigenvalue weighted by molar-refractivity contribution is 6.04. The van der Waals surface area contributed by atoms with Crippen LogP contribution in [0.2, 0.25) is 0 Å². The lowest BCUT2D eigenvalue weighted by molar-refractivity contribution is -0.121. The van der Waals surface area contributed by atoms with Crippen molar-refractivity contribution in [2.24, 2.45) is 0 Å². The monoisotopic (exact) mass is 266 g/mol. The van der Waals surface area contributed by atoms with E-state index in [9.17, 15) is 9.59 Å². The van der Waals surface area contributed by atoms with Crippen molar-refractivity contribution in [3.8, 4) is 0 Å². The van der Waals surface area contributed by atoms with Crippen LogP contribution in [0.5, 0.6) is 0 Å². The fraction of sp³-hybridized carbons (Fsp3) is 0.125. The Morgan fingerprint density at radius 2 is 1.50 bits per heavy atom. The molecule has 0 aliphatic carbocycles. The Kier molecular flexibility index (Phi) is 3.21. The van der Waals surface area contributed by atoms with Crippen molar-refractivity contribution in [1.82, 2.24) is 10.2 Å². The fourth-order valence-corrected chi connectivity index (χ4v) is 2.41. The Balaban J connectivity index is 1.91. The number of imide groups is 1. The number of carbonyl (C=O) groups is 2. The van der Waals surface area contributed by atoms with Crippen LogP contribution in [0.4, 0.5) is 4.79 Å². The van der Waals surface area contributed by atoms with Crippen LogP contribution in [-0.2, 0) is 11.3 Å². The lowest BCUT2D eigenvalue weighted by Gasteiger charge is -2.22. The van der Waals surface area contributed by atoms with Gasteiger partial charge >= 0.3 is 6.03 Å². The van der Waals surface area contributed by atoms with Gasteiger partial charge in [0, 0.05) is 6.54 Å². The van der Waals surface area contributed by atoms with Crippen LogP contribution in [0.25, 0.3) is 0 Å². The average Bonchev–Trinajstić information content (AvgIpc) is 2.75. The number of hydrogen-bond acceptors (Lipinski definition) is 2. The van der Waals surface area contributed by atoms with Gasteiger partial charge in [0.15, 0.2) is 0 Å². The Hall–Kier alpha value is -2.62. The number of carbonyl (C=O) groups excluding carboxylic acids is 2. The van der Waals surface area contributed by atoms with Gasteiger partial charge < -0.3 is 4.90 Å². The molecule has 2 aromatic carbocycles. The minimum atomic E-state index is -0.552. The summed E-state index contributed by atoms with van der Waals surface area (Å²) >= 11 is 0. The van der Waals surface area contributed by atoms with Gasteiger partial charge in [-0.15, -0.1) is 0 Å². The summed E-state index contributed by atoms with van der Waals surface area (Å²) < 4.78 is 0. The highest BCUT2D eigenvalue weighted by atomic mass is 16.2. The molecule has 1 aliphatic heterocycles. The van der Waals surface area contributed by atoms with E-state index in [0.717, 1.165) is 11.1 Å². The van der Waals surface area contributed by atoms with E-state index in [1.807, 2.05) is 60.7 Å². The fourth-order valence-electron chi connectivity index (χ4n) is 2.41. The molecule has 4 heteroatoms. The van der Waals surface area contributed by atoms with E-state index >= 15 is 0 Å². The van der Waals surface area contributed by atoms with Gasteiger partial charge in [0.05, 0.1) is 0 Å². The highest BCUT2D eigenvalue weighted by Crippen LogP contribution is 2.27. The topological polar surface area (TPSA) is 49.4 Å². The number of urea groups is 1. The average molecular weight is 266 g/mol. The minimum Gasteiger partial charge on any atom is -0.304 e. The summed E-state index contributed by atoms with van der Waals surface area (Å²) in [5, 5.41) is 2.38. The Bertz CT molecular complexity index is 625. The lowest BCUT2D eigenvalue weighted by Crippen LogP contribution is -2.29. The van der Waals surface area contributed by atoms with E-state index < -0.39 is 6.04 Å². The molecular weight excluding hydrogens is 252 g/mol. The first-order valence-corrected chi connectivity index (χ1v) is 6.46. The maximum absolute atomic E-state index is 12.0. The Morgan fingerprint density at radius 3 is 2.15 bits per heavy atom. The Morgan fingerprint density at radius 1 is 0.900 bits per heavy atom. The standard InChI is InChI=1S/C16H14N2O2/c19-15-14(13-9-5-2-6-10-13)18(16(20)17-15)11-12-7-3-1-4-8-12/h1-10,14H,11H2,(H,17,19,20)/t14-/m1/s1. The van der Waals surface area contributed by atoms with Crippen molar-refractivity contribution in [2.45, 2.75) is 12.6 Å². The van der Waals surface area contributed by atoms with Gasteiger partial charge in [0.25, 0.3) is 5.91 Å². The van der Waals surface area contributed by atoms with Gasteiger partial charge in [-0.25, -0.2) is 4.79 Å². The second-order valence-electron chi connectivity index (χ2n) is 4.72. The number of benzene rings is 2. The van der Waals surface area contributed by atoms with Gasteiger partial charge in [0.1, 0.15) is 6.04 Å². The van der Waals surface area contributed by atoms with E-state index in [-0.39, 0.29) is 11.9 Å². The molecule has 1 aliphatic rings. The molecule has 1 atom stereocenters. The number of hydrogen-bond donors (Lipinski definition) is 1. The van der Waals surface area contributed by atoms with Gasteiger partial charge in [0.2, 0.25) is 0 Å². The molecule has 0 spiro atoms. The smallest absolute Gasteiger partial charge is 0.304 e. The summed E-state index contributed by atoms with van der Waals surface area (Å²) in [7, 11) is 0. The van der Waals surface area contributed by atoms with Gasteiger partial charge in [-0.1, -0.05) is 60.7 Å². The molecule has 0 saturated carbocycles. The zero-order valence-electron chi connectivity index (χ0n) is 10.8. The molecule has 2 aromatic rings. The van der Waals surface area contributed by atoms with Crippen LogP contribution < -0.4 is 5.32 Å². The maximum Gasteiger partial charge on any atom is 0.325 e. The normalized spacial score (nSPS) is 18.2. The first-order chi connectivity index (χ1) is 9.75. The van der Waals surface area contributed by atoms with Crippen molar-refractivity contribution in [3.63, 3.8) is 0 Å². The van der Waals surface area contributed by atoms with E-state index in [1.54, 1.807) is 4.90 Å². The molecule has 20 heavy (non-hydrogen) atoms. The molecule has 1 fully saturated rings. The molecule has 0 radical (unpaired) electrons. The third-order valence-electron chi connectivity index (χ3n) is 3.36. The molecule has 0 bridgehead atoms. The summed E-state index contributed by atoms with van der Waals surface area (Å²) in [6, 6.07) is 18.1. The molecule has 3 amide bonds. The molecule has 0 unspecified atom stereocenters. The molecule has 100 valence electrons. The molecule has 0 aromatic heterocycles. The Labute approximate surface area is 117 Å². The zero-order valence-corrected chi connectivity index (χ0v) is 10.8. The molecule has 1 N–H and O–H groups in total. The van der Waals surface area contributed by atoms with Crippen molar-refractivity contribution in [2.75, 3.05) is 0 Å². The number of nitrogens with zero attached hydrogens (tertiary/aromatic N) is 1. The van der Waals surface area contributed by atoms with E-state index in [4.69, 9.17) is 0 Å². The summed E-state index contributed by atoms with van der Waals surface area (Å²) in [5.41, 5.74) is 1.82. The number of rotatable bonds is 3. The number of amides is 3. The highest BCUT2D eigenvalue weighted by Gasteiger charge is 2.39. The van der Waals surface area contributed by atoms with Crippen molar-refractivity contribution < 1.29 is 9.59 Å².